The van der Waals surface area contributed by atoms with Crippen molar-refractivity contribution in [2.24, 2.45) is 0 Å². The van der Waals surface area contributed by atoms with Gasteiger partial charge in [0.2, 0.25) is 17.2 Å². The lowest BCUT2D eigenvalue weighted by Crippen LogP contribution is -2.28. The van der Waals surface area contributed by atoms with Crippen LogP contribution in [-0.4, -0.2) is 40.3 Å². The van der Waals surface area contributed by atoms with Crippen molar-refractivity contribution in [2.75, 3.05) is 30.4 Å². The maximum atomic E-state index is 9.21. The van der Waals surface area contributed by atoms with Crippen LogP contribution in [0.5, 0.6) is 0 Å². The number of benzene rings is 1. The van der Waals surface area contributed by atoms with Gasteiger partial charge in [0.05, 0.1) is 6.61 Å². The van der Waals surface area contributed by atoms with E-state index < -0.39 is 0 Å². The summed E-state index contributed by atoms with van der Waals surface area (Å²) in [5.41, 5.74) is 1.10. The summed E-state index contributed by atoms with van der Waals surface area (Å²) in [6.07, 6.45) is 0. The number of aliphatic hydroxyl groups is 1. The maximum Gasteiger partial charge on any atom is 0.231 e. The highest BCUT2D eigenvalue weighted by Crippen LogP contribution is 2.16. The normalized spacial score (nSPS) is 10.3. The van der Waals surface area contributed by atoms with Crippen molar-refractivity contribution in [2.45, 2.75) is 6.54 Å². The van der Waals surface area contributed by atoms with E-state index >= 15 is 0 Å². The Morgan fingerprint density at radius 2 is 1.95 bits per heavy atom. The monoisotopic (exact) mass is 293 g/mol. The molecule has 0 saturated carbocycles. The molecule has 106 valence electrons. The lowest BCUT2D eigenvalue weighted by Gasteiger charge is -2.22. The summed E-state index contributed by atoms with van der Waals surface area (Å²) < 4.78 is 0. The molecule has 0 radical (unpaired) electrons. The second-order valence-electron chi connectivity index (χ2n) is 4.11. The van der Waals surface area contributed by atoms with Gasteiger partial charge in [-0.25, -0.2) is 0 Å². The first-order valence-corrected chi connectivity index (χ1v) is 6.60. The minimum absolute atomic E-state index is 0.00498. The summed E-state index contributed by atoms with van der Waals surface area (Å²) in [6, 6.07) is 9.90. The molecule has 0 aliphatic carbocycles. The second kappa shape index (κ2) is 7.02. The first-order valence-electron chi connectivity index (χ1n) is 6.22. The second-order valence-corrected chi connectivity index (χ2v) is 4.45. The number of anilines is 2. The molecule has 2 N–H and O–H groups in total. The Labute approximate surface area is 122 Å². The number of aromatic nitrogens is 3. The molecule has 7 heteroatoms. The minimum atomic E-state index is 0.00498. The lowest BCUT2D eigenvalue weighted by molar-refractivity contribution is 0.300. The summed E-state index contributed by atoms with van der Waals surface area (Å²) in [4.78, 5) is 14.2. The zero-order valence-corrected chi connectivity index (χ0v) is 11.9. The molecule has 0 fully saturated rings. The molecule has 1 aromatic heterocycles. The van der Waals surface area contributed by atoms with Gasteiger partial charge in [0.15, 0.2) is 0 Å². The third kappa shape index (κ3) is 3.79. The van der Waals surface area contributed by atoms with E-state index in [2.05, 4.69) is 20.3 Å². The van der Waals surface area contributed by atoms with Crippen molar-refractivity contribution in [1.29, 1.82) is 0 Å². The van der Waals surface area contributed by atoms with Gasteiger partial charge in [-0.2, -0.15) is 15.0 Å². The van der Waals surface area contributed by atoms with E-state index in [1.807, 2.05) is 35.2 Å². The Bertz CT molecular complexity index is 552. The van der Waals surface area contributed by atoms with Gasteiger partial charge in [0.1, 0.15) is 0 Å². The highest BCUT2D eigenvalue weighted by Gasteiger charge is 2.12. The van der Waals surface area contributed by atoms with Crippen LogP contribution >= 0.6 is 11.6 Å². The van der Waals surface area contributed by atoms with Crippen LogP contribution in [0, 0.1) is 0 Å². The van der Waals surface area contributed by atoms with Gasteiger partial charge in [0, 0.05) is 20.1 Å². The van der Waals surface area contributed by atoms with Crippen LogP contribution in [-0.2, 0) is 6.54 Å². The first-order chi connectivity index (χ1) is 9.72. The number of hydrogen-bond acceptors (Lipinski definition) is 6. The summed E-state index contributed by atoms with van der Waals surface area (Å²) in [5.74, 6) is 0.836. The highest BCUT2D eigenvalue weighted by atomic mass is 35.5. The fraction of sp³-hybridized carbons (Fsp3) is 0.308. The van der Waals surface area contributed by atoms with E-state index in [4.69, 9.17) is 11.6 Å². The zero-order valence-electron chi connectivity index (χ0n) is 11.1. The topological polar surface area (TPSA) is 74.2 Å². The van der Waals surface area contributed by atoms with E-state index in [1.54, 1.807) is 7.05 Å². The van der Waals surface area contributed by atoms with E-state index in [-0.39, 0.29) is 11.9 Å². The standard InChI is InChI=1S/C13H16ClN5O/c1-15-12-16-11(14)17-13(18-12)19(7-8-20)9-10-5-3-2-4-6-10/h2-6,20H,7-9H2,1H3,(H,15,16,17,18). The number of hydrogen-bond donors (Lipinski definition) is 2. The molecule has 0 aliphatic rings. The lowest BCUT2D eigenvalue weighted by atomic mass is 10.2. The van der Waals surface area contributed by atoms with Crippen molar-refractivity contribution in [3.63, 3.8) is 0 Å². The third-order valence-corrected chi connectivity index (χ3v) is 2.86. The number of nitrogens with zero attached hydrogens (tertiary/aromatic N) is 4. The van der Waals surface area contributed by atoms with Crippen LogP contribution in [0.4, 0.5) is 11.9 Å². The van der Waals surface area contributed by atoms with Crippen molar-refractivity contribution in [3.8, 4) is 0 Å². The van der Waals surface area contributed by atoms with Crippen molar-refractivity contribution >= 4 is 23.5 Å². The zero-order chi connectivity index (χ0) is 14.4. The summed E-state index contributed by atoms with van der Waals surface area (Å²) in [7, 11) is 1.71. The van der Waals surface area contributed by atoms with E-state index in [1.165, 1.54) is 0 Å². The summed E-state index contributed by atoms with van der Waals surface area (Å²) >= 11 is 5.88. The van der Waals surface area contributed by atoms with Crippen LogP contribution < -0.4 is 10.2 Å². The molecule has 6 nitrogen and oxygen atoms in total. The van der Waals surface area contributed by atoms with Crippen LogP contribution in [0.15, 0.2) is 30.3 Å². The molecule has 2 rings (SSSR count). The minimum Gasteiger partial charge on any atom is -0.395 e. The first kappa shape index (κ1) is 14.5. The van der Waals surface area contributed by atoms with Gasteiger partial charge >= 0.3 is 0 Å². The molecule has 0 bridgehead atoms. The summed E-state index contributed by atoms with van der Waals surface area (Å²) in [6.45, 7) is 1.01. The van der Waals surface area contributed by atoms with Crippen LogP contribution in [0.1, 0.15) is 5.56 Å². The quantitative estimate of drug-likeness (QED) is 0.842. The van der Waals surface area contributed by atoms with Crippen LogP contribution in [0.2, 0.25) is 5.28 Å². The number of aliphatic hydroxyl groups excluding tert-OH is 1. The Kier molecular flexibility index (Phi) is 5.09. The van der Waals surface area contributed by atoms with E-state index in [9.17, 15) is 5.11 Å². The SMILES string of the molecule is CNc1nc(Cl)nc(N(CCO)Cc2ccccc2)n1. The molecular formula is C13H16ClN5O. The molecular weight excluding hydrogens is 278 g/mol. The largest absolute Gasteiger partial charge is 0.395 e. The molecule has 0 unspecified atom stereocenters. The van der Waals surface area contributed by atoms with Gasteiger partial charge < -0.3 is 15.3 Å². The number of halogens is 1. The molecule has 0 saturated heterocycles. The van der Waals surface area contributed by atoms with E-state index in [0.717, 1.165) is 5.56 Å². The highest BCUT2D eigenvalue weighted by molar-refractivity contribution is 6.28. The molecule has 0 amide bonds. The molecule has 0 atom stereocenters. The molecule has 0 spiro atoms. The molecule has 1 heterocycles. The smallest absolute Gasteiger partial charge is 0.231 e. The van der Waals surface area contributed by atoms with Gasteiger partial charge in [-0.1, -0.05) is 30.3 Å². The molecule has 2 aromatic rings. The number of rotatable bonds is 6. The Hall–Kier alpha value is -1.92. The third-order valence-electron chi connectivity index (χ3n) is 2.69. The van der Waals surface area contributed by atoms with Gasteiger partial charge in [0.25, 0.3) is 0 Å². The summed E-state index contributed by atoms with van der Waals surface area (Å²) in [5, 5.41) is 12.2. The fourth-order valence-electron chi connectivity index (χ4n) is 1.77. The van der Waals surface area contributed by atoms with Crippen molar-refractivity contribution < 1.29 is 5.11 Å². The maximum absolute atomic E-state index is 9.21. The Morgan fingerprint density at radius 3 is 2.60 bits per heavy atom. The average Bonchev–Trinajstić information content (AvgIpc) is 2.47. The predicted octanol–water partition coefficient (Wildman–Crippen LogP) is 1.57. The van der Waals surface area contributed by atoms with Gasteiger partial charge in [-0.3, -0.25) is 0 Å². The van der Waals surface area contributed by atoms with Crippen molar-refractivity contribution in [3.05, 3.63) is 41.2 Å². The molecule has 0 aliphatic heterocycles. The fourth-order valence-corrected chi connectivity index (χ4v) is 1.92. The van der Waals surface area contributed by atoms with Crippen LogP contribution in [0.3, 0.4) is 0 Å². The van der Waals surface area contributed by atoms with Gasteiger partial charge in [-0.15, -0.1) is 0 Å². The Balaban J connectivity index is 2.26. The molecule has 1 aromatic carbocycles. The average molecular weight is 294 g/mol. The van der Waals surface area contributed by atoms with Crippen LogP contribution in [0.25, 0.3) is 0 Å². The van der Waals surface area contributed by atoms with Gasteiger partial charge in [-0.05, 0) is 17.2 Å². The van der Waals surface area contributed by atoms with Crippen molar-refractivity contribution in [1.82, 2.24) is 15.0 Å². The predicted molar refractivity (Wildman–Crippen MR) is 79.0 cm³/mol. The Morgan fingerprint density at radius 1 is 1.20 bits per heavy atom. The van der Waals surface area contributed by atoms with E-state index in [0.29, 0.717) is 25.0 Å². The molecule has 20 heavy (non-hydrogen) atoms. The number of nitrogens with one attached hydrogen (secondary N) is 1.